The second-order valence-corrected chi connectivity index (χ2v) is 2.31. The zero-order valence-corrected chi connectivity index (χ0v) is 6.11. The SMILES string of the molecule is Cc1ccn([C@@H](C)C=O)n1. The van der Waals surface area contributed by atoms with Gasteiger partial charge in [0.2, 0.25) is 0 Å². The van der Waals surface area contributed by atoms with Crippen LogP contribution in [0.4, 0.5) is 0 Å². The maximum absolute atomic E-state index is 10.3. The van der Waals surface area contributed by atoms with E-state index in [1.54, 1.807) is 17.8 Å². The van der Waals surface area contributed by atoms with Gasteiger partial charge in [-0.3, -0.25) is 4.68 Å². The van der Waals surface area contributed by atoms with Crippen molar-refractivity contribution in [3.63, 3.8) is 0 Å². The van der Waals surface area contributed by atoms with Gasteiger partial charge in [0.1, 0.15) is 12.3 Å². The van der Waals surface area contributed by atoms with Crippen LogP contribution in [0.15, 0.2) is 12.3 Å². The lowest BCUT2D eigenvalue weighted by Gasteiger charge is -2.01. The molecular formula is C7H10N2O. The second-order valence-electron chi connectivity index (χ2n) is 2.31. The van der Waals surface area contributed by atoms with Crippen LogP contribution in [0.2, 0.25) is 0 Å². The van der Waals surface area contributed by atoms with E-state index in [-0.39, 0.29) is 6.04 Å². The van der Waals surface area contributed by atoms with Gasteiger partial charge in [-0.2, -0.15) is 5.10 Å². The van der Waals surface area contributed by atoms with Crippen LogP contribution in [-0.4, -0.2) is 16.1 Å². The van der Waals surface area contributed by atoms with Crippen LogP contribution in [0.25, 0.3) is 0 Å². The summed E-state index contributed by atoms with van der Waals surface area (Å²) in [5.41, 5.74) is 0.939. The van der Waals surface area contributed by atoms with Crippen LogP contribution >= 0.6 is 0 Å². The van der Waals surface area contributed by atoms with Gasteiger partial charge in [-0.05, 0) is 19.9 Å². The summed E-state index contributed by atoms with van der Waals surface area (Å²) in [5, 5.41) is 4.07. The first-order valence-electron chi connectivity index (χ1n) is 3.21. The summed E-state index contributed by atoms with van der Waals surface area (Å²) in [7, 11) is 0. The number of carbonyl (C=O) groups excluding carboxylic acids is 1. The summed E-state index contributed by atoms with van der Waals surface area (Å²) in [5.74, 6) is 0. The van der Waals surface area contributed by atoms with Crippen LogP contribution in [-0.2, 0) is 4.79 Å². The van der Waals surface area contributed by atoms with Crippen LogP contribution in [0.1, 0.15) is 18.7 Å². The van der Waals surface area contributed by atoms with Gasteiger partial charge in [0.05, 0.1) is 5.69 Å². The molecule has 1 atom stereocenters. The average molecular weight is 138 g/mol. The molecule has 0 fully saturated rings. The van der Waals surface area contributed by atoms with E-state index >= 15 is 0 Å². The van der Waals surface area contributed by atoms with Gasteiger partial charge in [-0.15, -0.1) is 0 Å². The minimum atomic E-state index is -0.145. The van der Waals surface area contributed by atoms with Gasteiger partial charge in [0.15, 0.2) is 0 Å². The third kappa shape index (κ3) is 1.23. The smallest absolute Gasteiger partial charge is 0.144 e. The molecule has 54 valence electrons. The summed E-state index contributed by atoms with van der Waals surface area (Å²) in [6.07, 6.45) is 2.67. The van der Waals surface area contributed by atoms with Crippen molar-refractivity contribution in [2.75, 3.05) is 0 Å². The first kappa shape index (κ1) is 6.99. The van der Waals surface area contributed by atoms with Crippen molar-refractivity contribution in [1.29, 1.82) is 0 Å². The van der Waals surface area contributed by atoms with E-state index in [1.165, 1.54) is 0 Å². The van der Waals surface area contributed by atoms with Crippen LogP contribution < -0.4 is 0 Å². The molecule has 0 aliphatic heterocycles. The maximum atomic E-state index is 10.3. The highest BCUT2D eigenvalue weighted by molar-refractivity contribution is 5.54. The Morgan fingerprint density at radius 1 is 1.80 bits per heavy atom. The average Bonchev–Trinajstić information content (AvgIpc) is 2.34. The number of carbonyl (C=O) groups is 1. The molecular weight excluding hydrogens is 128 g/mol. The van der Waals surface area contributed by atoms with Crippen LogP contribution in [0, 0.1) is 6.92 Å². The van der Waals surface area contributed by atoms with Crippen molar-refractivity contribution < 1.29 is 4.79 Å². The van der Waals surface area contributed by atoms with Crippen molar-refractivity contribution in [2.45, 2.75) is 19.9 Å². The highest BCUT2D eigenvalue weighted by Crippen LogP contribution is 2.00. The fraction of sp³-hybridized carbons (Fsp3) is 0.429. The van der Waals surface area contributed by atoms with Crippen molar-refractivity contribution >= 4 is 6.29 Å². The summed E-state index contributed by atoms with van der Waals surface area (Å²) in [6.45, 7) is 3.70. The lowest BCUT2D eigenvalue weighted by atomic mass is 10.4. The number of hydrogen-bond donors (Lipinski definition) is 0. The molecule has 0 bridgehead atoms. The molecule has 1 heterocycles. The van der Waals surface area contributed by atoms with Gasteiger partial charge < -0.3 is 4.79 Å². The van der Waals surface area contributed by atoms with Crippen molar-refractivity contribution in [3.05, 3.63) is 18.0 Å². The van der Waals surface area contributed by atoms with E-state index in [4.69, 9.17) is 0 Å². The summed E-state index contributed by atoms with van der Waals surface area (Å²) in [6, 6.07) is 1.73. The van der Waals surface area contributed by atoms with E-state index < -0.39 is 0 Å². The Hall–Kier alpha value is -1.12. The Morgan fingerprint density at radius 3 is 2.90 bits per heavy atom. The molecule has 0 saturated heterocycles. The third-order valence-electron chi connectivity index (χ3n) is 1.36. The molecule has 0 aliphatic rings. The standard InChI is InChI=1S/C7H10N2O/c1-6-3-4-9(8-6)7(2)5-10/h3-5,7H,1-2H3/t7-/m0/s1. The summed E-state index contributed by atoms with van der Waals surface area (Å²) < 4.78 is 1.64. The normalized spacial score (nSPS) is 13.0. The van der Waals surface area contributed by atoms with Crippen LogP contribution in [0.5, 0.6) is 0 Å². The highest BCUT2D eigenvalue weighted by atomic mass is 16.1. The lowest BCUT2D eigenvalue weighted by Crippen LogP contribution is -2.06. The molecule has 3 nitrogen and oxygen atoms in total. The van der Waals surface area contributed by atoms with Gasteiger partial charge >= 0.3 is 0 Å². The molecule has 0 radical (unpaired) electrons. The molecule has 3 heteroatoms. The minimum Gasteiger partial charge on any atom is -0.301 e. The Bertz CT molecular complexity index is 229. The number of aromatic nitrogens is 2. The first-order chi connectivity index (χ1) is 4.74. The number of aryl methyl sites for hydroxylation is 1. The number of nitrogens with zero attached hydrogens (tertiary/aromatic N) is 2. The molecule has 0 amide bonds. The van der Waals surface area contributed by atoms with Crippen molar-refractivity contribution in [1.82, 2.24) is 9.78 Å². The van der Waals surface area contributed by atoms with Gasteiger partial charge in [0.25, 0.3) is 0 Å². The molecule has 0 spiro atoms. The zero-order chi connectivity index (χ0) is 7.56. The Labute approximate surface area is 59.7 Å². The first-order valence-corrected chi connectivity index (χ1v) is 3.21. The quantitative estimate of drug-likeness (QED) is 0.570. The fourth-order valence-corrected chi connectivity index (χ4v) is 0.722. The number of hydrogen-bond acceptors (Lipinski definition) is 2. The van der Waals surface area contributed by atoms with Crippen molar-refractivity contribution in [3.8, 4) is 0 Å². The zero-order valence-electron chi connectivity index (χ0n) is 6.11. The summed E-state index contributed by atoms with van der Waals surface area (Å²) in [4.78, 5) is 10.3. The highest BCUT2D eigenvalue weighted by Gasteiger charge is 2.01. The van der Waals surface area contributed by atoms with E-state index in [0.29, 0.717) is 0 Å². The summed E-state index contributed by atoms with van der Waals surface area (Å²) >= 11 is 0. The molecule has 0 aliphatic carbocycles. The third-order valence-corrected chi connectivity index (χ3v) is 1.36. The Balaban J connectivity index is 2.84. The molecule has 0 aromatic carbocycles. The molecule has 0 saturated carbocycles. The lowest BCUT2D eigenvalue weighted by molar-refractivity contribution is -0.110. The molecule has 1 aromatic rings. The van der Waals surface area contributed by atoms with E-state index in [0.717, 1.165) is 12.0 Å². The Morgan fingerprint density at radius 2 is 2.50 bits per heavy atom. The molecule has 0 unspecified atom stereocenters. The Kier molecular flexibility index (Phi) is 1.85. The minimum absolute atomic E-state index is 0.145. The molecule has 1 rings (SSSR count). The van der Waals surface area contributed by atoms with E-state index in [1.807, 2.05) is 13.0 Å². The number of aldehydes is 1. The topological polar surface area (TPSA) is 34.9 Å². The van der Waals surface area contributed by atoms with Gasteiger partial charge in [0, 0.05) is 6.20 Å². The predicted molar refractivity (Wildman–Crippen MR) is 37.7 cm³/mol. The second kappa shape index (κ2) is 2.64. The van der Waals surface area contributed by atoms with Gasteiger partial charge in [-0.1, -0.05) is 0 Å². The number of rotatable bonds is 2. The molecule has 10 heavy (non-hydrogen) atoms. The fourth-order valence-electron chi connectivity index (χ4n) is 0.722. The maximum Gasteiger partial charge on any atom is 0.144 e. The largest absolute Gasteiger partial charge is 0.301 e. The van der Waals surface area contributed by atoms with Crippen molar-refractivity contribution in [2.24, 2.45) is 0 Å². The predicted octanol–water partition coefficient (Wildman–Crippen LogP) is 0.951. The van der Waals surface area contributed by atoms with E-state index in [9.17, 15) is 4.79 Å². The molecule has 0 N–H and O–H groups in total. The van der Waals surface area contributed by atoms with Crippen LogP contribution in [0.3, 0.4) is 0 Å². The van der Waals surface area contributed by atoms with E-state index in [2.05, 4.69) is 5.10 Å². The monoisotopic (exact) mass is 138 g/mol. The molecule has 1 aromatic heterocycles. The van der Waals surface area contributed by atoms with Gasteiger partial charge in [-0.25, -0.2) is 0 Å².